The number of halogens is 2. The van der Waals surface area contributed by atoms with Crippen molar-refractivity contribution in [1.29, 1.82) is 0 Å². The van der Waals surface area contributed by atoms with Crippen LogP contribution in [0.1, 0.15) is 18.4 Å². The van der Waals surface area contributed by atoms with Gasteiger partial charge in [-0.05, 0) is 40.9 Å². The number of aliphatic hydroxyl groups excluding tert-OH is 1. The fourth-order valence-electron chi connectivity index (χ4n) is 1.95. The summed E-state index contributed by atoms with van der Waals surface area (Å²) >= 11 is 8.05. The van der Waals surface area contributed by atoms with Gasteiger partial charge < -0.3 is 15.7 Å². The molecule has 0 aliphatic heterocycles. The zero-order valence-corrected chi connectivity index (χ0v) is 12.1. The lowest BCUT2D eigenvalue weighted by atomic mass is 10.1. The highest BCUT2D eigenvalue weighted by molar-refractivity contribution is 9.10. The number of hydrogen-bond acceptors (Lipinski definition) is 3. The van der Waals surface area contributed by atoms with Crippen molar-refractivity contribution < 1.29 is 9.50 Å². The maximum absolute atomic E-state index is 14.3. The first-order valence-electron chi connectivity index (χ1n) is 5.71. The largest absolute Gasteiger partial charge is 0.395 e. The topological polar surface area (TPSA) is 49.5 Å². The summed E-state index contributed by atoms with van der Waals surface area (Å²) in [5.41, 5.74) is 6.50. The van der Waals surface area contributed by atoms with Gasteiger partial charge in [0.1, 0.15) is 4.99 Å². The van der Waals surface area contributed by atoms with Crippen LogP contribution >= 0.6 is 28.1 Å². The molecule has 1 saturated carbocycles. The minimum Gasteiger partial charge on any atom is -0.395 e. The maximum Gasteiger partial charge on any atom is 0.161 e. The lowest BCUT2D eigenvalue weighted by Crippen LogP contribution is -2.30. The summed E-state index contributed by atoms with van der Waals surface area (Å²) in [6, 6.07) is 3.70. The van der Waals surface area contributed by atoms with E-state index in [1.54, 1.807) is 12.1 Å². The average molecular weight is 333 g/mol. The van der Waals surface area contributed by atoms with Crippen LogP contribution in [0.4, 0.5) is 10.1 Å². The Morgan fingerprint density at radius 2 is 2.22 bits per heavy atom. The van der Waals surface area contributed by atoms with Crippen LogP contribution in [0.15, 0.2) is 16.6 Å². The zero-order chi connectivity index (χ0) is 13.3. The molecular weight excluding hydrogens is 319 g/mol. The fourth-order valence-corrected chi connectivity index (χ4v) is 2.80. The van der Waals surface area contributed by atoms with Gasteiger partial charge in [-0.1, -0.05) is 12.2 Å². The summed E-state index contributed by atoms with van der Waals surface area (Å²) in [6.45, 7) is 0.436. The van der Waals surface area contributed by atoms with Crippen LogP contribution in [0, 0.1) is 5.82 Å². The van der Waals surface area contributed by atoms with Crippen LogP contribution < -0.4 is 10.6 Å². The summed E-state index contributed by atoms with van der Waals surface area (Å²) in [4.78, 5) is 2.05. The number of aliphatic hydroxyl groups is 1. The number of hydrogen-bond donors (Lipinski definition) is 2. The van der Waals surface area contributed by atoms with E-state index in [1.165, 1.54) is 0 Å². The first-order valence-corrected chi connectivity index (χ1v) is 6.91. The Bertz CT molecular complexity index is 479. The highest BCUT2D eigenvalue weighted by Gasteiger charge is 2.31. The molecule has 0 amide bonds. The van der Waals surface area contributed by atoms with Crippen LogP contribution in [0.2, 0.25) is 0 Å². The van der Waals surface area contributed by atoms with Crippen molar-refractivity contribution in [3.8, 4) is 0 Å². The van der Waals surface area contributed by atoms with Gasteiger partial charge in [-0.25, -0.2) is 4.39 Å². The molecule has 18 heavy (non-hydrogen) atoms. The molecule has 1 aliphatic carbocycles. The first kappa shape index (κ1) is 13.7. The van der Waals surface area contributed by atoms with Gasteiger partial charge in [-0.15, -0.1) is 0 Å². The quantitative estimate of drug-likeness (QED) is 0.811. The number of benzene rings is 1. The molecule has 2 rings (SSSR count). The van der Waals surface area contributed by atoms with Gasteiger partial charge in [0.2, 0.25) is 0 Å². The third-order valence-corrected chi connectivity index (χ3v) is 3.96. The molecular formula is C12H14BrFN2OS. The molecule has 1 fully saturated rings. The van der Waals surface area contributed by atoms with Crippen molar-refractivity contribution in [2.24, 2.45) is 5.73 Å². The van der Waals surface area contributed by atoms with Gasteiger partial charge in [-0.2, -0.15) is 0 Å². The number of nitrogens with two attached hydrogens (primary N) is 1. The SMILES string of the molecule is NC(=S)c1ccc(N(CCO)C2CC2)c(F)c1Br. The third-order valence-electron chi connectivity index (χ3n) is 2.97. The van der Waals surface area contributed by atoms with E-state index in [0.717, 1.165) is 12.8 Å². The third kappa shape index (κ3) is 2.65. The molecule has 1 aromatic rings. The smallest absolute Gasteiger partial charge is 0.161 e. The molecule has 0 unspecified atom stereocenters. The van der Waals surface area contributed by atoms with Crippen molar-refractivity contribution in [3.63, 3.8) is 0 Å². The molecule has 1 aromatic carbocycles. The Labute approximate surface area is 119 Å². The van der Waals surface area contributed by atoms with Gasteiger partial charge in [0.25, 0.3) is 0 Å². The first-order chi connectivity index (χ1) is 8.56. The molecule has 6 heteroatoms. The van der Waals surface area contributed by atoms with E-state index < -0.39 is 0 Å². The Kier molecular flexibility index (Phi) is 4.19. The van der Waals surface area contributed by atoms with E-state index >= 15 is 0 Å². The van der Waals surface area contributed by atoms with Crippen LogP contribution in [0.5, 0.6) is 0 Å². The second kappa shape index (κ2) is 5.50. The minimum atomic E-state index is -0.374. The predicted octanol–water partition coefficient (Wildman–Crippen LogP) is 2.18. The summed E-state index contributed by atoms with van der Waals surface area (Å²) < 4.78 is 14.6. The average Bonchev–Trinajstić information content (AvgIpc) is 3.14. The van der Waals surface area contributed by atoms with Gasteiger partial charge >= 0.3 is 0 Å². The molecule has 0 radical (unpaired) electrons. The number of anilines is 1. The Balaban J connectivity index is 2.38. The van der Waals surface area contributed by atoms with E-state index in [-0.39, 0.29) is 21.9 Å². The molecule has 0 atom stereocenters. The molecule has 1 aliphatic rings. The molecule has 0 heterocycles. The van der Waals surface area contributed by atoms with Crippen LogP contribution in [0.25, 0.3) is 0 Å². The summed E-state index contributed by atoms with van der Waals surface area (Å²) in [7, 11) is 0. The molecule has 0 bridgehead atoms. The summed E-state index contributed by atoms with van der Waals surface area (Å²) in [5.74, 6) is -0.374. The van der Waals surface area contributed by atoms with Crippen molar-refractivity contribution in [2.75, 3.05) is 18.1 Å². The molecule has 0 aromatic heterocycles. The van der Waals surface area contributed by atoms with Crippen molar-refractivity contribution in [2.45, 2.75) is 18.9 Å². The molecule has 3 N–H and O–H groups in total. The molecule has 3 nitrogen and oxygen atoms in total. The Morgan fingerprint density at radius 1 is 1.56 bits per heavy atom. The monoisotopic (exact) mass is 332 g/mol. The second-order valence-electron chi connectivity index (χ2n) is 4.27. The number of thiocarbonyl (C=S) groups is 1. The predicted molar refractivity (Wildman–Crippen MR) is 77.4 cm³/mol. The van der Waals surface area contributed by atoms with E-state index in [1.807, 2.05) is 4.90 Å². The molecule has 0 spiro atoms. The second-order valence-corrected chi connectivity index (χ2v) is 5.51. The Hall–Kier alpha value is -0.720. The van der Waals surface area contributed by atoms with Gasteiger partial charge in [0.05, 0.1) is 16.8 Å². The van der Waals surface area contributed by atoms with Crippen molar-refractivity contribution in [1.82, 2.24) is 0 Å². The number of nitrogens with zero attached hydrogens (tertiary/aromatic N) is 1. The van der Waals surface area contributed by atoms with Gasteiger partial charge in [0.15, 0.2) is 5.82 Å². The van der Waals surface area contributed by atoms with Crippen LogP contribution in [0.3, 0.4) is 0 Å². The zero-order valence-electron chi connectivity index (χ0n) is 9.70. The normalized spacial score (nSPS) is 14.6. The summed E-state index contributed by atoms with van der Waals surface area (Å²) in [6.07, 6.45) is 2.07. The Morgan fingerprint density at radius 3 is 2.72 bits per heavy atom. The van der Waals surface area contributed by atoms with Crippen LogP contribution in [-0.2, 0) is 0 Å². The van der Waals surface area contributed by atoms with E-state index in [9.17, 15) is 4.39 Å². The standard InChI is InChI=1S/C12H14BrFN2OS/c13-10-8(12(15)18)3-4-9(11(10)14)16(5-6-17)7-1-2-7/h3-4,7,17H,1-2,5-6H2,(H2,15,18). The highest BCUT2D eigenvalue weighted by atomic mass is 79.9. The van der Waals surface area contributed by atoms with Crippen molar-refractivity contribution >= 4 is 38.8 Å². The highest BCUT2D eigenvalue weighted by Crippen LogP contribution is 2.36. The summed E-state index contributed by atoms with van der Waals surface area (Å²) in [5, 5.41) is 9.06. The lowest BCUT2D eigenvalue weighted by molar-refractivity contribution is 0.301. The molecule has 98 valence electrons. The van der Waals surface area contributed by atoms with E-state index in [2.05, 4.69) is 15.9 Å². The van der Waals surface area contributed by atoms with Gasteiger partial charge in [0, 0.05) is 18.2 Å². The lowest BCUT2D eigenvalue weighted by Gasteiger charge is -2.25. The minimum absolute atomic E-state index is 0.00457. The maximum atomic E-state index is 14.3. The van der Waals surface area contributed by atoms with E-state index in [4.69, 9.17) is 23.1 Å². The van der Waals surface area contributed by atoms with E-state index in [0.29, 0.717) is 23.8 Å². The molecule has 0 saturated heterocycles. The van der Waals surface area contributed by atoms with Crippen LogP contribution in [-0.4, -0.2) is 29.3 Å². The fraction of sp³-hybridized carbons (Fsp3) is 0.417. The van der Waals surface area contributed by atoms with Gasteiger partial charge in [-0.3, -0.25) is 0 Å². The number of rotatable bonds is 5. The van der Waals surface area contributed by atoms with Crippen molar-refractivity contribution in [3.05, 3.63) is 28.0 Å².